The van der Waals surface area contributed by atoms with Crippen molar-refractivity contribution < 1.29 is 9.53 Å². The third kappa shape index (κ3) is 4.29. The van der Waals surface area contributed by atoms with Crippen molar-refractivity contribution in [2.45, 2.75) is 6.42 Å². The van der Waals surface area contributed by atoms with E-state index in [1.807, 2.05) is 54.6 Å². The average molecular weight is 452 g/mol. The molecule has 0 saturated heterocycles. The van der Waals surface area contributed by atoms with E-state index in [0.717, 1.165) is 5.56 Å². The number of nitriles is 4. The highest BCUT2D eigenvalue weighted by Gasteiger charge is 2.15. The van der Waals surface area contributed by atoms with Crippen LogP contribution in [0.5, 0.6) is 0 Å². The second-order valence-corrected chi connectivity index (χ2v) is 7.62. The molecule has 0 spiro atoms. The number of benzene rings is 4. The van der Waals surface area contributed by atoms with Crippen molar-refractivity contribution in [2.75, 3.05) is 6.61 Å². The molecule has 0 fully saturated rings. The van der Waals surface area contributed by atoms with E-state index in [1.54, 1.807) is 42.5 Å². The van der Waals surface area contributed by atoms with Crippen LogP contribution in [0.2, 0.25) is 0 Å². The lowest BCUT2D eigenvalue weighted by Gasteiger charge is -2.10. The summed E-state index contributed by atoms with van der Waals surface area (Å²) in [5, 5.41) is 41.3. The summed E-state index contributed by atoms with van der Waals surface area (Å²) in [6.07, 6.45) is 0.559. The van der Waals surface area contributed by atoms with Gasteiger partial charge >= 0.3 is 5.97 Å². The van der Waals surface area contributed by atoms with E-state index in [4.69, 9.17) is 4.74 Å². The number of nitrogens with zero attached hydrogens (tertiary/aromatic N) is 4. The van der Waals surface area contributed by atoms with E-state index < -0.39 is 5.97 Å². The van der Waals surface area contributed by atoms with Gasteiger partial charge in [-0.05, 0) is 39.2 Å². The fourth-order valence-corrected chi connectivity index (χ4v) is 4.11. The minimum Gasteiger partial charge on any atom is -0.462 e. The van der Waals surface area contributed by atoms with Crippen molar-refractivity contribution in [3.05, 3.63) is 94.4 Å². The van der Waals surface area contributed by atoms with Gasteiger partial charge in [0.05, 0.1) is 12.2 Å². The highest BCUT2D eigenvalue weighted by molar-refractivity contribution is 6.07. The molecule has 6 nitrogen and oxygen atoms in total. The van der Waals surface area contributed by atoms with Crippen molar-refractivity contribution in [2.24, 2.45) is 0 Å². The Bertz CT molecular complexity index is 1750. The first-order chi connectivity index (χ1) is 17.1. The fourth-order valence-electron chi connectivity index (χ4n) is 4.11. The summed E-state index contributed by atoms with van der Waals surface area (Å²) in [6.45, 7) is 0.186. The molecule has 164 valence electrons. The molecule has 0 aliphatic rings. The average Bonchev–Trinajstić information content (AvgIpc) is 2.91. The largest absolute Gasteiger partial charge is 0.462 e. The van der Waals surface area contributed by atoms with E-state index in [9.17, 15) is 25.8 Å². The Kier molecular flexibility index (Phi) is 6.51. The molecule has 0 amide bonds. The highest BCUT2D eigenvalue weighted by atomic mass is 16.5. The molecule has 0 aliphatic carbocycles. The van der Waals surface area contributed by atoms with Crippen LogP contribution in [0.4, 0.5) is 0 Å². The second-order valence-electron chi connectivity index (χ2n) is 7.62. The van der Waals surface area contributed by atoms with Crippen LogP contribution >= 0.6 is 0 Å². The van der Waals surface area contributed by atoms with E-state index >= 15 is 0 Å². The van der Waals surface area contributed by atoms with Gasteiger partial charge in [0.2, 0.25) is 0 Å². The van der Waals surface area contributed by atoms with Crippen LogP contribution in [0.15, 0.2) is 72.8 Å². The van der Waals surface area contributed by atoms with Crippen LogP contribution in [0.3, 0.4) is 0 Å². The van der Waals surface area contributed by atoms with Gasteiger partial charge in [0.1, 0.15) is 35.4 Å². The molecule has 0 aromatic heterocycles. The lowest BCUT2D eigenvalue weighted by atomic mass is 9.92. The smallest absolute Gasteiger partial charge is 0.338 e. The molecule has 4 aromatic rings. The van der Waals surface area contributed by atoms with Gasteiger partial charge in [0, 0.05) is 16.9 Å². The molecule has 0 N–H and O–H groups in total. The first-order valence-corrected chi connectivity index (χ1v) is 10.7. The highest BCUT2D eigenvalue weighted by Crippen LogP contribution is 2.19. The van der Waals surface area contributed by atoms with Crippen molar-refractivity contribution in [1.82, 2.24) is 0 Å². The predicted molar refractivity (Wildman–Crippen MR) is 130 cm³/mol. The minimum absolute atomic E-state index is 0.105. The zero-order chi connectivity index (χ0) is 24.8. The van der Waals surface area contributed by atoms with Gasteiger partial charge in [-0.25, -0.2) is 4.79 Å². The number of rotatable bonds is 4. The summed E-state index contributed by atoms with van der Waals surface area (Å²) in [5.74, 6) is -0.552. The van der Waals surface area contributed by atoms with Crippen molar-refractivity contribution in [1.29, 1.82) is 21.0 Å². The Balaban J connectivity index is 1.96. The van der Waals surface area contributed by atoms with Gasteiger partial charge < -0.3 is 4.74 Å². The molecule has 6 heteroatoms. The summed E-state index contributed by atoms with van der Waals surface area (Å²) in [6, 6.07) is 29.1. The third-order valence-electron chi connectivity index (χ3n) is 5.67. The van der Waals surface area contributed by atoms with E-state index in [-0.39, 0.29) is 23.3 Å². The molecule has 0 bridgehead atoms. The Labute approximate surface area is 201 Å². The molecular formula is C29H16N4O2. The van der Waals surface area contributed by atoms with Crippen molar-refractivity contribution in [3.63, 3.8) is 0 Å². The second kappa shape index (κ2) is 10.0. The van der Waals surface area contributed by atoms with Crippen LogP contribution in [0, 0.1) is 45.3 Å². The van der Waals surface area contributed by atoms with E-state index in [1.165, 1.54) is 0 Å². The molecule has 0 atom stereocenters. The van der Waals surface area contributed by atoms with Crippen LogP contribution in [0.1, 0.15) is 15.9 Å². The Morgan fingerprint density at radius 3 is 1.74 bits per heavy atom. The monoisotopic (exact) mass is 452 g/mol. The van der Waals surface area contributed by atoms with E-state index in [2.05, 4.69) is 0 Å². The number of hydrogen-bond acceptors (Lipinski definition) is 6. The fraction of sp³-hybridized carbons (Fsp3) is 0.0690. The predicted octanol–water partition coefficient (Wildman–Crippen LogP) is 3.79. The van der Waals surface area contributed by atoms with Crippen LogP contribution in [-0.4, -0.2) is 12.6 Å². The molecule has 4 aromatic carbocycles. The lowest BCUT2D eigenvalue weighted by molar-refractivity contribution is 0.0509. The summed E-state index contributed by atoms with van der Waals surface area (Å²) in [5.41, 5.74) is 1.03. The molecule has 0 heterocycles. The number of esters is 1. The maximum atomic E-state index is 12.8. The van der Waals surface area contributed by atoms with Crippen molar-refractivity contribution in [3.8, 4) is 24.3 Å². The van der Waals surface area contributed by atoms with Gasteiger partial charge in [0.25, 0.3) is 0 Å². The van der Waals surface area contributed by atoms with Gasteiger partial charge in [-0.1, -0.05) is 60.7 Å². The van der Waals surface area contributed by atoms with Crippen LogP contribution in [0.25, 0.3) is 32.7 Å². The Morgan fingerprint density at radius 1 is 0.657 bits per heavy atom. The normalized spacial score (nSPS) is 9.94. The third-order valence-corrected chi connectivity index (χ3v) is 5.67. The number of carbonyl (C=O) groups excluding carboxylic acids is 1. The number of hydrogen-bond donors (Lipinski definition) is 0. The summed E-state index contributed by atoms with van der Waals surface area (Å²) in [4.78, 5) is 12.8. The lowest BCUT2D eigenvalue weighted by Crippen LogP contribution is -2.19. The maximum absolute atomic E-state index is 12.8. The molecular weight excluding hydrogens is 436 g/mol. The van der Waals surface area contributed by atoms with Gasteiger partial charge in [0.15, 0.2) is 0 Å². The van der Waals surface area contributed by atoms with Crippen LogP contribution < -0.4 is 10.4 Å². The minimum atomic E-state index is -0.552. The van der Waals surface area contributed by atoms with E-state index in [0.29, 0.717) is 38.4 Å². The number of ether oxygens (including phenoxy) is 1. The Hall–Kier alpha value is -5.43. The SMILES string of the molecule is N#CC(C#N)=c1c2ccccc2c(=C(C#N)C#N)c2cc(C(=O)OCCc3ccccc3)ccc12. The van der Waals surface area contributed by atoms with Crippen molar-refractivity contribution >= 4 is 38.7 Å². The van der Waals surface area contributed by atoms with Gasteiger partial charge in [-0.3, -0.25) is 0 Å². The summed E-state index contributed by atoms with van der Waals surface area (Å²) in [7, 11) is 0. The first kappa shape index (κ1) is 22.8. The van der Waals surface area contributed by atoms with Gasteiger partial charge in [-0.2, -0.15) is 21.0 Å². The maximum Gasteiger partial charge on any atom is 0.338 e. The summed E-state index contributed by atoms with van der Waals surface area (Å²) < 4.78 is 5.46. The molecule has 4 rings (SSSR count). The molecule has 0 unspecified atom stereocenters. The molecule has 0 aliphatic heterocycles. The topological polar surface area (TPSA) is 121 Å². The Morgan fingerprint density at radius 2 is 1.17 bits per heavy atom. The molecule has 35 heavy (non-hydrogen) atoms. The summed E-state index contributed by atoms with van der Waals surface area (Å²) >= 11 is 0. The van der Waals surface area contributed by atoms with Gasteiger partial charge in [-0.15, -0.1) is 0 Å². The first-order valence-electron chi connectivity index (χ1n) is 10.7. The zero-order valence-corrected chi connectivity index (χ0v) is 18.4. The standard InChI is InChI=1S/C29H16N4O2/c30-15-21(16-31)27-23-8-4-5-9-24(23)28(22(17-32)18-33)26-14-20(10-11-25(26)27)29(34)35-13-12-19-6-2-1-3-7-19/h1-11,14H,12-13H2. The molecule has 0 saturated carbocycles. The quantitative estimate of drug-likeness (QED) is 0.343. The molecule has 0 radical (unpaired) electrons. The number of carbonyl (C=O) groups is 1. The number of fused-ring (bicyclic) bond motifs is 2. The van der Waals surface area contributed by atoms with Crippen LogP contribution in [-0.2, 0) is 11.2 Å². The zero-order valence-electron chi connectivity index (χ0n) is 18.4.